The highest BCUT2D eigenvalue weighted by molar-refractivity contribution is 8.07. The summed E-state index contributed by atoms with van der Waals surface area (Å²) in [6.07, 6.45) is 2.96. The molecule has 20 heavy (non-hydrogen) atoms. The molecule has 3 unspecified atom stereocenters. The molecule has 0 bridgehead atoms. The standard InChI is InChI=1S/C17H19FS2/c1-9-8-19-17(4)14(9)12-5-11(18)6-13(12)15-16(17,3)7-10(2)20-15/h7-8,11H,5-6H2,1-4H3. The number of hydrogen-bond donors (Lipinski definition) is 0. The number of fused-ring (bicyclic) bond motifs is 4. The first-order valence-electron chi connectivity index (χ1n) is 7.21. The van der Waals surface area contributed by atoms with Gasteiger partial charge in [-0.2, -0.15) is 0 Å². The predicted octanol–water partition coefficient (Wildman–Crippen LogP) is 5.75. The molecule has 0 N–H and O–H groups in total. The van der Waals surface area contributed by atoms with Crippen LogP contribution in [0.1, 0.15) is 40.5 Å². The van der Waals surface area contributed by atoms with E-state index in [4.69, 9.17) is 0 Å². The zero-order chi connectivity index (χ0) is 14.3. The quantitative estimate of drug-likeness (QED) is 0.559. The Hall–Kier alpha value is -0.410. The van der Waals surface area contributed by atoms with Gasteiger partial charge in [0.15, 0.2) is 0 Å². The minimum Gasteiger partial charge on any atom is -0.247 e. The van der Waals surface area contributed by atoms with Gasteiger partial charge < -0.3 is 0 Å². The molecule has 4 aliphatic rings. The molecule has 106 valence electrons. The molecular weight excluding hydrogens is 287 g/mol. The third kappa shape index (κ3) is 1.36. The second-order valence-electron chi connectivity index (χ2n) is 6.68. The Morgan fingerprint density at radius 1 is 1.20 bits per heavy atom. The summed E-state index contributed by atoms with van der Waals surface area (Å²) in [5, 5.41) is 2.28. The molecule has 4 rings (SSSR count). The van der Waals surface area contributed by atoms with Crippen molar-refractivity contribution in [3.05, 3.63) is 43.6 Å². The molecule has 0 aromatic heterocycles. The molecule has 0 amide bonds. The van der Waals surface area contributed by atoms with E-state index in [1.165, 1.54) is 32.1 Å². The van der Waals surface area contributed by atoms with Crippen molar-refractivity contribution < 1.29 is 4.39 Å². The fraction of sp³-hybridized carbons (Fsp3) is 0.529. The molecule has 2 aliphatic heterocycles. The Morgan fingerprint density at radius 2 is 1.90 bits per heavy atom. The van der Waals surface area contributed by atoms with Crippen molar-refractivity contribution in [2.24, 2.45) is 5.41 Å². The molecule has 2 heterocycles. The summed E-state index contributed by atoms with van der Waals surface area (Å²) in [7, 11) is 0. The molecule has 2 aliphatic carbocycles. The lowest BCUT2D eigenvalue weighted by Crippen LogP contribution is -2.42. The molecule has 1 saturated carbocycles. The van der Waals surface area contributed by atoms with E-state index < -0.39 is 6.17 Å². The molecule has 1 fully saturated rings. The van der Waals surface area contributed by atoms with E-state index in [2.05, 4.69) is 39.2 Å². The number of allylic oxidation sites excluding steroid dienone is 6. The maximum absolute atomic E-state index is 14.1. The molecule has 0 aromatic carbocycles. The first-order chi connectivity index (χ1) is 9.37. The Morgan fingerprint density at radius 3 is 2.65 bits per heavy atom. The Bertz CT molecular complexity index is 652. The van der Waals surface area contributed by atoms with Crippen LogP contribution in [-0.4, -0.2) is 10.9 Å². The Kier molecular flexibility index (Phi) is 2.56. The van der Waals surface area contributed by atoms with E-state index in [0.717, 1.165) is 0 Å². The topological polar surface area (TPSA) is 0 Å². The van der Waals surface area contributed by atoms with Gasteiger partial charge >= 0.3 is 0 Å². The summed E-state index contributed by atoms with van der Waals surface area (Å²) in [6.45, 7) is 9.08. The Labute approximate surface area is 128 Å². The third-order valence-corrected chi connectivity index (χ3v) is 8.24. The molecule has 3 atom stereocenters. The van der Waals surface area contributed by atoms with E-state index in [-0.39, 0.29) is 10.2 Å². The fourth-order valence-electron chi connectivity index (χ4n) is 4.35. The maximum Gasteiger partial charge on any atom is 0.108 e. The highest BCUT2D eigenvalue weighted by atomic mass is 32.2. The van der Waals surface area contributed by atoms with Crippen molar-refractivity contribution in [1.82, 2.24) is 0 Å². The highest BCUT2D eigenvalue weighted by Crippen LogP contribution is 2.70. The highest BCUT2D eigenvalue weighted by Gasteiger charge is 2.58. The smallest absolute Gasteiger partial charge is 0.108 e. The van der Waals surface area contributed by atoms with E-state index >= 15 is 0 Å². The second kappa shape index (κ2) is 3.86. The molecule has 0 radical (unpaired) electrons. The average molecular weight is 306 g/mol. The van der Waals surface area contributed by atoms with E-state index in [1.54, 1.807) is 0 Å². The molecule has 0 nitrogen and oxygen atoms in total. The van der Waals surface area contributed by atoms with Crippen LogP contribution in [0.15, 0.2) is 43.6 Å². The van der Waals surface area contributed by atoms with Crippen molar-refractivity contribution >= 4 is 23.5 Å². The lowest BCUT2D eigenvalue weighted by molar-refractivity contribution is 0.354. The summed E-state index contributed by atoms with van der Waals surface area (Å²) in [6, 6.07) is 0. The van der Waals surface area contributed by atoms with Gasteiger partial charge in [0, 0.05) is 23.2 Å². The number of hydrogen-bond acceptors (Lipinski definition) is 2. The molecule has 3 heteroatoms. The van der Waals surface area contributed by atoms with Gasteiger partial charge in [0.1, 0.15) is 6.17 Å². The monoisotopic (exact) mass is 306 g/mol. The lowest BCUT2D eigenvalue weighted by Gasteiger charge is -2.46. The van der Waals surface area contributed by atoms with Crippen molar-refractivity contribution in [3.63, 3.8) is 0 Å². The zero-order valence-electron chi connectivity index (χ0n) is 12.3. The van der Waals surface area contributed by atoms with Gasteiger partial charge in [-0.05, 0) is 60.3 Å². The van der Waals surface area contributed by atoms with Crippen molar-refractivity contribution in [2.75, 3.05) is 0 Å². The number of alkyl halides is 1. The largest absolute Gasteiger partial charge is 0.247 e. The summed E-state index contributed by atoms with van der Waals surface area (Å²) >= 11 is 3.81. The molecular formula is C17H19FS2. The summed E-state index contributed by atoms with van der Waals surface area (Å²) < 4.78 is 14.1. The van der Waals surface area contributed by atoms with Gasteiger partial charge in [0.25, 0.3) is 0 Å². The SMILES string of the molecule is CC1=CC2(C)C(=C3CC(F)CC3=C3C(C)=CSC32C)S1. The van der Waals surface area contributed by atoms with Gasteiger partial charge in [0.2, 0.25) is 0 Å². The van der Waals surface area contributed by atoms with E-state index in [1.807, 2.05) is 23.5 Å². The fourth-order valence-corrected chi connectivity index (χ4v) is 7.17. The molecule has 0 saturated heterocycles. The number of thioether (sulfide) groups is 2. The third-order valence-electron chi connectivity index (χ3n) is 5.35. The predicted molar refractivity (Wildman–Crippen MR) is 87.4 cm³/mol. The molecule has 0 spiro atoms. The minimum atomic E-state index is -0.688. The van der Waals surface area contributed by atoms with Crippen LogP contribution in [0.3, 0.4) is 0 Å². The van der Waals surface area contributed by atoms with Gasteiger partial charge in [-0.15, -0.1) is 11.8 Å². The average Bonchev–Trinajstić information content (AvgIpc) is 2.96. The van der Waals surface area contributed by atoms with Crippen LogP contribution in [0.25, 0.3) is 0 Å². The van der Waals surface area contributed by atoms with Crippen LogP contribution in [0.4, 0.5) is 4.39 Å². The first-order valence-corrected chi connectivity index (χ1v) is 8.90. The normalized spacial score (nSPS) is 42.5. The van der Waals surface area contributed by atoms with Crippen LogP contribution in [0.2, 0.25) is 0 Å². The van der Waals surface area contributed by atoms with Crippen LogP contribution in [0.5, 0.6) is 0 Å². The van der Waals surface area contributed by atoms with Crippen molar-refractivity contribution in [1.29, 1.82) is 0 Å². The first kappa shape index (κ1) is 13.3. The van der Waals surface area contributed by atoms with Crippen LogP contribution < -0.4 is 0 Å². The van der Waals surface area contributed by atoms with Gasteiger partial charge in [-0.25, -0.2) is 4.39 Å². The summed E-state index contributed by atoms with van der Waals surface area (Å²) in [4.78, 5) is 2.79. The van der Waals surface area contributed by atoms with Gasteiger partial charge in [-0.3, -0.25) is 0 Å². The van der Waals surface area contributed by atoms with Gasteiger partial charge in [-0.1, -0.05) is 17.8 Å². The summed E-state index contributed by atoms with van der Waals surface area (Å²) in [5.41, 5.74) is 5.44. The lowest BCUT2D eigenvalue weighted by atomic mass is 9.65. The maximum atomic E-state index is 14.1. The van der Waals surface area contributed by atoms with Crippen molar-refractivity contribution in [3.8, 4) is 0 Å². The van der Waals surface area contributed by atoms with E-state index in [9.17, 15) is 4.39 Å². The minimum absolute atomic E-state index is 0.0267. The van der Waals surface area contributed by atoms with Crippen LogP contribution >= 0.6 is 23.5 Å². The van der Waals surface area contributed by atoms with Gasteiger partial charge in [0.05, 0.1) is 4.75 Å². The van der Waals surface area contributed by atoms with Crippen molar-refractivity contribution in [2.45, 2.75) is 51.5 Å². The zero-order valence-corrected chi connectivity index (χ0v) is 14.0. The van der Waals surface area contributed by atoms with Crippen LogP contribution in [0, 0.1) is 5.41 Å². The number of rotatable bonds is 0. The Balaban J connectivity index is 2.05. The number of halogens is 1. The molecule has 0 aromatic rings. The van der Waals surface area contributed by atoms with E-state index in [0.29, 0.717) is 12.8 Å². The van der Waals surface area contributed by atoms with Crippen LogP contribution in [-0.2, 0) is 0 Å². The second-order valence-corrected chi connectivity index (χ2v) is 9.22. The summed E-state index contributed by atoms with van der Waals surface area (Å²) in [5.74, 6) is 0.